The van der Waals surface area contributed by atoms with Crippen molar-refractivity contribution in [3.05, 3.63) is 53.6 Å². The summed E-state index contributed by atoms with van der Waals surface area (Å²) in [5, 5.41) is 5.15. The maximum atomic E-state index is 13.8. The number of nitrogens with zero attached hydrogens (tertiary/aromatic N) is 1. The van der Waals surface area contributed by atoms with Gasteiger partial charge in [0, 0.05) is 12.2 Å². The molecule has 0 aromatic heterocycles. The summed E-state index contributed by atoms with van der Waals surface area (Å²) in [6.45, 7) is 1.98. The number of nitrogens with one attached hydrogen (secondary N) is 2. The van der Waals surface area contributed by atoms with E-state index >= 15 is 0 Å². The fourth-order valence-electron chi connectivity index (χ4n) is 2.79. The highest BCUT2D eigenvalue weighted by Crippen LogP contribution is 2.34. The molecule has 3 rings (SSSR count). The molecule has 0 saturated heterocycles. The third-order valence-electron chi connectivity index (χ3n) is 4.21. The van der Waals surface area contributed by atoms with E-state index in [9.17, 15) is 23.2 Å². The summed E-state index contributed by atoms with van der Waals surface area (Å²) in [6, 6.07) is 7.03. The van der Waals surface area contributed by atoms with E-state index < -0.39 is 29.0 Å². The lowest BCUT2D eigenvalue weighted by Gasteiger charge is -2.29. The summed E-state index contributed by atoms with van der Waals surface area (Å²) >= 11 is 0. The van der Waals surface area contributed by atoms with Crippen molar-refractivity contribution in [3.63, 3.8) is 0 Å². The zero-order chi connectivity index (χ0) is 21.0. The summed E-state index contributed by atoms with van der Waals surface area (Å²) < 4.78 is 32.5. The molecule has 0 aliphatic carbocycles. The van der Waals surface area contributed by atoms with Gasteiger partial charge in [0.2, 0.25) is 5.91 Å². The summed E-state index contributed by atoms with van der Waals surface area (Å²) in [6.07, 6.45) is 0.756. The molecule has 0 radical (unpaired) electrons. The first-order valence-electron chi connectivity index (χ1n) is 8.99. The van der Waals surface area contributed by atoms with Crippen LogP contribution in [0.1, 0.15) is 23.7 Å². The van der Waals surface area contributed by atoms with Gasteiger partial charge >= 0.3 is 0 Å². The van der Waals surface area contributed by atoms with Gasteiger partial charge in [0.05, 0.1) is 11.3 Å². The first-order valence-corrected chi connectivity index (χ1v) is 8.99. The predicted octanol–water partition coefficient (Wildman–Crippen LogP) is 2.47. The number of hydrogen-bond acceptors (Lipinski definition) is 4. The van der Waals surface area contributed by atoms with Gasteiger partial charge in [-0.3, -0.25) is 19.3 Å². The molecule has 2 aromatic carbocycles. The zero-order valence-electron chi connectivity index (χ0n) is 15.6. The first-order chi connectivity index (χ1) is 13.9. The smallest absolute Gasteiger partial charge is 0.265 e. The van der Waals surface area contributed by atoms with E-state index in [4.69, 9.17) is 4.74 Å². The number of carbonyl (C=O) groups excluding carboxylic acids is 3. The van der Waals surface area contributed by atoms with Crippen LogP contribution >= 0.6 is 0 Å². The Morgan fingerprint density at radius 2 is 1.97 bits per heavy atom. The Balaban J connectivity index is 1.83. The van der Waals surface area contributed by atoms with Crippen LogP contribution in [0, 0.1) is 11.6 Å². The summed E-state index contributed by atoms with van der Waals surface area (Å²) in [7, 11) is 0. The molecule has 7 nitrogen and oxygen atoms in total. The second-order valence-electron chi connectivity index (χ2n) is 6.38. The highest BCUT2D eigenvalue weighted by Gasteiger charge is 2.28. The van der Waals surface area contributed by atoms with Gasteiger partial charge < -0.3 is 15.4 Å². The number of benzene rings is 2. The second kappa shape index (κ2) is 8.68. The van der Waals surface area contributed by atoms with E-state index in [1.165, 1.54) is 23.1 Å². The fraction of sp³-hybridized carbons (Fsp3) is 0.250. The van der Waals surface area contributed by atoms with Crippen LogP contribution in [-0.2, 0) is 9.59 Å². The molecule has 1 aliphatic rings. The maximum absolute atomic E-state index is 13.8. The molecule has 0 bridgehead atoms. The Morgan fingerprint density at radius 3 is 2.72 bits per heavy atom. The average molecular weight is 403 g/mol. The van der Waals surface area contributed by atoms with Crippen LogP contribution in [0.15, 0.2) is 36.4 Å². The molecule has 9 heteroatoms. The highest BCUT2D eigenvalue weighted by molar-refractivity contribution is 6.06. The zero-order valence-corrected chi connectivity index (χ0v) is 15.6. The first kappa shape index (κ1) is 20.2. The van der Waals surface area contributed by atoms with Crippen LogP contribution in [0.2, 0.25) is 0 Å². The van der Waals surface area contributed by atoms with Crippen LogP contribution in [0.25, 0.3) is 0 Å². The van der Waals surface area contributed by atoms with Crippen molar-refractivity contribution < 1.29 is 27.9 Å². The van der Waals surface area contributed by atoms with Gasteiger partial charge in [0.25, 0.3) is 11.8 Å². The standard InChI is InChI=1S/C20H19F2N3O4/c1-2-7-23-18(26)10-25-16-9-13(4-6-17(16)29-11-19(25)27)24-20(28)14-8-12(21)3-5-15(14)22/h3-6,8-9H,2,7,10-11H2,1H3,(H,23,26)(H,24,28). The minimum atomic E-state index is -0.866. The van der Waals surface area contributed by atoms with Crippen molar-refractivity contribution in [2.45, 2.75) is 13.3 Å². The third-order valence-corrected chi connectivity index (χ3v) is 4.21. The number of halogens is 2. The molecule has 0 saturated carbocycles. The molecule has 0 unspecified atom stereocenters. The minimum absolute atomic E-state index is 0.203. The van der Waals surface area contributed by atoms with Crippen LogP contribution < -0.4 is 20.3 Å². The second-order valence-corrected chi connectivity index (χ2v) is 6.38. The lowest BCUT2D eigenvalue weighted by atomic mass is 10.1. The number of hydrogen-bond donors (Lipinski definition) is 2. The molecular formula is C20H19F2N3O4. The van der Waals surface area contributed by atoms with E-state index in [2.05, 4.69) is 10.6 Å². The van der Waals surface area contributed by atoms with Crippen LogP contribution in [-0.4, -0.2) is 37.4 Å². The topological polar surface area (TPSA) is 87.7 Å². The molecule has 152 valence electrons. The third kappa shape index (κ3) is 4.68. The summed E-state index contributed by atoms with van der Waals surface area (Å²) in [5.74, 6) is -2.84. The van der Waals surface area contributed by atoms with Crippen LogP contribution in [0.5, 0.6) is 5.75 Å². The van der Waals surface area contributed by atoms with E-state index in [0.29, 0.717) is 18.0 Å². The monoisotopic (exact) mass is 403 g/mol. The van der Waals surface area contributed by atoms with Crippen molar-refractivity contribution in [1.82, 2.24) is 5.32 Å². The molecule has 2 N–H and O–H groups in total. The fourth-order valence-corrected chi connectivity index (χ4v) is 2.79. The Labute approximate surface area is 165 Å². The van der Waals surface area contributed by atoms with Crippen molar-refractivity contribution in [1.29, 1.82) is 0 Å². The molecule has 1 heterocycles. The lowest BCUT2D eigenvalue weighted by Crippen LogP contribution is -2.45. The minimum Gasteiger partial charge on any atom is -0.482 e. The van der Waals surface area contributed by atoms with E-state index in [-0.39, 0.29) is 24.7 Å². The number of carbonyl (C=O) groups is 3. The number of amides is 3. The number of anilines is 2. The molecular weight excluding hydrogens is 384 g/mol. The van der Waals surface area contributed by atoms with Crippen LogP contribution in [0.4, 0.5) is 20.2 Å². The summed E-state index contributed by atoms with van der Waals surface area (Å²) in [4.78, 5) is 37.9. The van der Waals surface area contributed by atoms with E-state index in [1.807, 2.05) is 6.92 Å². The largest absolute Gasteiger partial charge is 0.482 e. The van der Waals surface area contributed by atoms with Gasteiger partial charge in [-0.1, -0.05) is 6.92 Å². The lowest BCUT2D eigenvalue weighted by molar-refractivity contribution is -0.125. The van der Waals surface area contributed by atoms with Gasteiger partial charge in [-0.2, -0.15) is 0 Å². The molecule has 3 amide bonds. The Hall–Kier alpha value is -3.49. The number of ether oxygens (including phenoxy) is 1. The van der Waals surface area contributed by atoms with E-state index in [0.717, 1.165) is 24.6 Å². The molecule has 1 aliphatic heterocycles. The molecule has 29 heavy (non-hydrogen) atoms. The number of rotatable bonds is 6. The predicted molar refractivity (Wildman–Crippen MR) is 102 cm³/mol. The normalized spacial score (nSPS) is 12.8. The van der Waals surface area contributed by atoms with Crippen molar-refractivity contribution in [3.8, 4) is 5.75 Å². The average Bonchev–Trinajstić information content (AvgIpc) is 2.70. The van der Waals surface area contributed by atoms with E-state index in [1.54, 1.807) is 0 Å². The number of fused-ring (bicyclic) bond motifs is 1. The van der Waals surface area contributed by atoms with Gasteiger partial charge in [-0.15, -0.1) is 0 Å². The highest BCUT2D eigenvalue weighted by atomic mass is 19.1. The van der Waals surface area contributed by atoms with Crippen molar-refractivity contribution in [2.24, 2.45) is 0 Å². The SMILES string of the molecule is CCCNC(=O)CN1C(=O)COc2ccc(NC(=O)c3cc(F)ccc3F)cc21. The van der Waals surface area contributed by atoms with Gasteiger partial charge in [0.15, 0.2) is 6.61 Å². The molecule has 0 spiro atoms. The van der Waals surface area contributed by atoms with Gasteiger partial charge in [-0.25, -0.2) is 8.78 Å². The van der Waals surface area contributed by atoms with Gasteiger partial charge in [0.1, 0.15) is 23.9 Å². The quantitative estimate of drug-likeness (QED) is 0.776. The van der Waals surface area contributed by atoms with Crippen molar-refractivity contribution in [2.75, 3.05) is 29.9 Å². The Bertz CT molecular complexity index is 965. The molecule has 0 fully saturated rings. The Kier molecular flexibility index (Phi) is 6.06. The molecule has 2 aromatic rings. The maximum Gasteiger partial charge on any atom is 0.265 e. The summed E-state index contributed by atoms with van der Waals surface area (Å²) in [5.41, 5.74) is 0.0749. The van der Waals surface area contributed by atoms with Gasteiger partial charge in [-0.05, 0) is 42.8 Å². The van der Waals surface area contributed by atoms with Crippen LogP contribution in [0.3, 0.4) is 0 Å². The Morgan fingerprint density at radius 1 is 1.17 bits per heavy atom. The van der Waals surface area contributed by atoms with Crippen molar-refractivity contribution >= 4 is 29.1 Å². The molecule has 0 atom stereocenters.